The fourth-order valence-electron chi connectivity index (χ4n) is 1.90. The van der Waals surface area contributed by atoms with Crippen LogP contribution in [0, 0.1) is 0 Å². The van der Waals surface area contributed by atoms with Crippen molar-refractivity contribution >= 4 is 5.91 Å². The first-order valence-electron chi connectivity index (χ1n) is 6.79. The molecule has 0 fully saturated rings. The van der Waals surface area contributed by atoms with E-state index in [2.05, 4.69) is 10.4 Å². The van der Waals surface area contributed by atoms with Crippen LogP contribution in [0.3, 0.4) is 0 Å². The lowest BCUT2D eigenvalue weighted by molar-refractivity contribution is 0.0917. The van der Waals surface area contributed by atoms with E-state index in [9.17, 15) is 9.59 Å². The van der Waals surface area contributed by atoms with Crippen molar-refractivity contribution in [3.05, 3.63) is 64.1 Å². The van der Waals surface area contributed by atoms with E-state index in [4.69, 9.17) is 0 Å². The van der Waals surface area contributed by atoms with Crippen molar-refractivity contribution in [1.82, 2.24) is 15.1 Å². The molecule has 5 nitrogen and oxygen atoms in total. The molecule has 2 aromatic rings. The van der Waals surface area contributed by atoms with Gasteiger partial charge in [0.25, 0.3) is 11.5 Å². The molecule has 21 heavy (non-hydrogen) atoms. The summed E-state index contributed by atoms with van der Waals surface area (Å²) < 4.78 is 1.30. The largest absolute Gasteiger partial charge is 0.347 e. The van der Waals surface area contributed by atoms with Gasteiger partial charge in [0.2, 0.25) is 0 Å². The number of amides is 1. The van der Waals surface area contributed by atoms with Gasteiger partial charge in [-0.05, 0) is 32.4 Å². The maximum absolute atomic E-state index is 12.3. The van der Waals surface area contributed by atoms with E-state index in [0.29, 0.717) is 6.54 Å². The van der Waals surface area contributed by atoms with Crippen LogP contribution in [-0.4, -0.2) is 21.2 Å². The quantitative estimate of drug-likeness (QED) is 0.935. The third-order valence-corrected chi connectivity index (χ3v) is 2.82. The molecule has 0 aliphatic heterocycles. The predicted octanol–water partition coefficient (Wildman–Crippen LogP) is 1.82. The average molecular weight is 285 g/mol. The Hall–Kier alpha value is -2.43. The highest BCUT2D eigenvalue weighted by molar-refractivity contribution is 5.94. The summed E-state index contributed by atoms with van der Waals surface area (Å²) in [6.45, 7) is 5.95. The summed E-state index contributed by atoms with van der Waals surface area (Å²) in [4.78, 5) is 24.5. The molecule has 0 aliphatic carbocycles. The standard InChI is InChI=1S/C16H19N3O2/c1-16(2,3)18-14(20)13-9-10-17-19(15(13)21)11-12-7-5-4-6-8-12/h4-10H,11H2,1-3H3,(H,18,20). The Bertz CT molecular complexity index is 685. The van der Waals surface area contributed by atoms with Crippen LogP contribution in [0.2, 0.25) is 0 Å². The van der Waals surface area contributed by atoms with Crippen LogP contribution in [0.1, 0.15) is 36.7 Å². The molecule has 2 rings (SSSR count). The highest BCUT2D eigenvalue weighted by Crippen LogP contribution is 2.02. The summed E-state index contributed by atoms with van der Waals surface area (Å²) in [5.41, 5.74) is 0.288. The Morgan fingerprint density at radius 3 is 2.48 bits per heavy atom. The van der Waals surface area contributed by atoms with Crippen LogP contribution in [0.15, 0.2) is 47.4 Å². The highest BCUT2D eigenvalue weighted by Gasteiger charge is 2.18. The van der Waals surface area contributed by atoms with Gasteiger partial charge in [0, 0.05) is 11.7 Å². The van der Waals surface area contributed by atoms with E-state index < -0.39 is 5.54 Å². The van der Waals surface area contributed by atoms with Gasteiger partial charge in [0.15, 0.2) is 0 Å². The SMILES string of the molecule is CC(C)(C)NC(=O)c1ccnn(Cc2ccccc2)c1=O. The molecule has 0 radical (unpaired) electrons. The number of nitrogens with zero attached hydrogens (tertiary/aromatic N) is 2. The lowest BCUT2D eigenvalue weighted by Gasteiger charge is -2.20. The molecular weight excluding hydrogens is 266 g/mol. The maximum Gasteiger partial charge on any atom is 0.279 e. The van der Waals surface area contributed by atoms with Gasteiger partial charge in [-0.1, -0.05) is 30.3 Å². The fraction of sp³-hybridized carbons (Fsp3) is 0.312. The van der Waals surface area contributed by atoms with Crippen LogP contribution in [-0.2, 0) is 6.54 Å². The van der Waals surface area contributed by atoms with E-state index in [1.807, 2.05) is 51.1 Å². The smallest absolute Gasteiger partial charge is 0.279 e. The number of benzene rings is 1. The Kier molecular flexibility index (Phi) is 4.21. The third kappa shape index (κ3) is 4.02. The summed E-state index contributed by atoms with van der Waals surface area (Å²) in [5.74, 6) is -0.378. The highest BCUT2D eigenvalue weighted by atomic mass is 16.2. The molecule has 1 aromatic carbocycles. The normalized spacial score (nSPS) is 11.2. The van der Waals surface area contributed by atoms with Crippen molar-refractivity contribution < 1.29 is 4.79 Å². The lowest BCUT2D eigenvalue weighted by atomic mass is 10.1. The minimum Gasteiger partial charge on any atom is -0.347 e. The number of rotatable bonds is 3. The Morgan fingerprint density at radius 2 is 1.86 bits per heavy atom. The number of carbonyl (C=O) groups excluding carboxylic acids is 1. The monoisotopic (exact) mass is 285 g/mol. The zero-order valence-corrected chi connectivity index (χ0v) is 12.5. The minimum atomic E-state index is -0.392. The average Bonchev–Trinajstić information content (AvgIpc) is 2.40. The number of aromatic nitrogens is 2. The molecule has 0 atom stereocenters. The van der Waals surface area contributed by atoms with Crippen molar-refractivity contribution in [1.29, 1.82) is 0 Å². The van der Waals surface area contributed by atoms with E-state index in [-0.39, 0.29) is 17.0 Å². The molecule has 1 amide bonds. The molecule has 0 saturated heterocycles. The van der Waals surface area contributed by atoms with Crippen LogP contribution in [0.25, 0.3) is 0 Å². The Morgan fingerprint density at radius 1 is 1.19 bits per heavy atom. The Balaban J connectivity index is 2.28. The van der Waals surface area contributed by atoms with Gasteiger partial charge in [0.1, 0.15) is 5.56 Å². The van der Waals surface area contributed by atoms with Crippen molar-refractivity contribution in [3.8, 4) is 0 Å². The summed E-state index contributed by atoms with van der Waals surface area (Å²) in [6, 6.07) is 11.0. The zero-order chi connectivity index (χ0) is 15.5. The Labute approximate surface area is 123 Å². The van der Waals surface area contributed by atoms with Crippen LogP contribution in [0.5, 0.6) is 0 Å². The molecule has 0 saturated carbocycles. The molecule has 0 spiro atoms. The number of carbonyl (C=O) groups is 1. The molecular formula is C16H19N3O2. The van der Waals surface area contributed by atoms with E-state index in [0.717, 1.165) is 5.56 Å². The molecule has 0 bridgehead atoms. The second kappa shape index (κ2) is 5.91. The summed E-state index contributed by atoms with van der Waals surface area (Å²) in [7, 11) is 0. The first-order valence-corrected chi connectivity index (χ1v) is 6.79. The second-order valence-corrected chi connectivity index (χ2v) is 5.90. The molecule has 5 heteroatoms. The molecule has 1 N–H and O–H groups in total. The number of hydrogen-bond donors (Lipinski definition) is 1. The van der Waals surface area contributed by atoms with Crippen molar-refractivity contribution in [3.63, 3.8) is 0 Å². The molecule has 0 aliphatic rings. The van der Waals surface area contributed by atoms with Gasteiger partial charge in [-0.2, -0.15) is 5.10 Å². The third-order valence-electron chi connectivity index (χ3n) is 2.82. The van der Waals surface area contributed by atoms with Gasteiger partial charge in [0.05, 0.1) is 6.54 Å². The second-order valence-electron chi connectivity index (χ2n) is 5.90. The van der Waals surface area contributed by atoms with E-state index in [1.54, 1.807) is 0 Å². The number of nitrogens with one attached hydrogen (secondary N) is 1. The van der Waals surface area contributed by atoms with Gasteiger partial charge in [-0.3, -0.25) is 9.59 Å². The number of hydrogen-bond acceptors (Lipinski definition) is 3. The molecule has 1 aromatic heterocycles. The van der Waals surface area contributed by atoms with Crippen LogP contribution >= 0.6 is 0 Å². The van der Waals surface area contributed by atoms with Gasteiger partial charge < -0.3 is 5.32 Å². The van der Waals surface area contributed by atoms with E-state index in [1.165, 1.54) is 16.9 Å². The molecule has 0 unspecified atom stereocenters. The maximum atomic E-state index is 12.3. The van der Waals surface area contributed by atoms with Crippen molar-refractivity contribution in [2.45, 2.75) is 32.9 Å². The van der Waals surface area contributed by atoms with Crippen LogP contribution < -0.4 is 10.9 Å². The minimum absolute atomic E-state index is 0.107. The zero-order valence-electron chi connectivity index (χ0n) is 12.5. The first kappa shape index (κ1) is 15.0. The summed E-state index contributed by atoms with van der Waals surface area (Å²) >= 11 is 0. The predicted molar refractivity (Wildman–Crippen MR) is 81.3 cm³/mol. The summed E-state index contributed by atoms with van der Waals surface area (Å²) in [6.07, 6.45) is 1.47. The van der Waals surface area contributed by atoms with Gasteiger partial charge in [-0.25, -0.2) is 4.68 Å². The summed E-state index contributed by atoms with van der Waals surface area (Å²) in [5, 5.41) is 6.82. The van der Waals surface area contributed by atoms with Gasteiger partial charge >= 0.3 is 0 Å². The van der Waals surface area contributed by atoms with Crippen LogP contribution in [0.4, 0.5) is 0 Å². The van der Waals surface area contributed by atoms with Crippen molar-refractivity contribution in [2.24, 2.45) is 0 Å². The van der Waals surface area contributed by atoms with E-state index >= 15 is 0 Å². The molecule has 1 heterocycles. The lowest BCUT2D eigenvalue weighted by Crippen LogP contribution is -2.43. The van der Waals surface area contributed by atoms with Crippen molar-refractivity contribution in [2.75, 3.05) is 0 Å². The van der Waals surface area contributed by atoms with Gasteiger partial charge in [-0.15, -0.1) is 0 Å². The molecule has 110 valence electrons. The fourth-order valence-corrected chi connectivity index (χ4v) is 1.90. The topological polar surface area (TPSA) is 64.0 Å². The first-order chi connectivity index (χ1) is 9.87.